The zero-order valence-electron chi connectivity index (χ0n) is 10.5. The summed E-state index contributed by atoms with van der Waals surface area (Å²) in [6.07, 6.45) is 2.09. The van der Waals surface area contributed by atoms with Gasteiger partial charge >= 0.3 is 0 Å². The number of aromatic nitrogens is 2. The van der Waals surface area contributed by atoms with Crippen molar-refractivity contribution >= 4 is 5.91 Å². The van der Waals surface area contributed by atoms with E-state index in [2.05, 4.69) is 9.97 Å². The molecule has 0 aromatic carbocycles. The lowest BCUT2D eigenvalue weighted by Gasteiger charge is -2.54. The first-order valence-electron chi connectivity index (χ1n) is 6.64. The molecule has 100 valence electrons. The molecule has 0 radical (unpaired) electrons. The minimum Gasteiger partial charge on any atom is -0.380 e. The maximum absolute atomic E-state index is 12.3. The van der Waals surface area contributed by atoms with Crippen LogP contribution in [0.25, 0.3) is 0 Å². The molecule has 1 aliphatic carbocycles. The van der Waals surface area contributed by atoms with Crippen LogP contribution in [0.15, 0.2) is 10.9 Å². The SMILES string of the molecule is O=C(c1cc(=O)[nH]c(C2CC2)n1)N1CC2(COC2)C1. The molecule has 1 N–H and O–H groups in total. The van der Waals surface area contributed by atoms with Crippen LogP contribution in [0.4, 0.5) is 0 Å². The molecule has 2 aliphatic heterocycles. The number of carbonyl (C=O) groups is 1. The van der Waals surface area contributed by atoms with E-state index in [0.29, 0.717) is 11.7 Å². The van der Waals surface area contributed by atoms with E-state index in [9.17, 15) is 9.59 Å². The molecular weight excluding hydrogens is 246 g/mol. The molecule has 3 heterocycles. The quantitative estimate of drug-likeness (QED) is 0.820. The van der Waals surface area contributed by atoms with Gasteiger partial charge in [-0.1, -0.05) is 0 Å². The molecule has 0 unspecified atom stereocenters. The monoisotopic (exact) mass is 261 g/mol. The Labute approximate surface area is 109 Å². The molecule has 1 aromatic heterocycles. The van der Waals surface area contributed by atoms with Gasteiger partial charge in [0.05, 0.1) is 18.6 Å². The second-order valence-electron chi connectivity index (χ2n) is 5.94. The second kappa shape index (κ2) is 3.66. The van der Waals surface area contributed by atoms with Crippen molar-refractivity contribution in [2.45, 2.75) is 18.8 Å². The van der Waals surface area contributed by atoms with Crippen molar-refractivity contribution in [1.82, 2.24) is 14.9 Å². The molecule has 3 aliphatic rings. The summed E-state index contributed by atoms with van der Waals surface area (Å²) < 4.78 is 5.18. The zero-order valence-corrected chi connectivity index (χ0v) is 10.5. The largest absolute Gasteiger partial charge is 0.380 e. The highest BCUT2D eigenvalue weighted by atomic mass is 16.5. The highest BCUT2D eigenvalue weighted by molar-refractivity contribution is 5.93. The van der Waals surface area contributed by atoms with Crippen LogP contribution in [0.1, 0.15) is 35.1 Å². The summed E-state index contributed by atoms with van der Waals surface area (Å²) in [5.41, 5.74) is 0.235. The first-order valence-corrected chi connectivity index (χ1v) is 6.64. The number of ether oxygens (including phenoxy) is 1. The van der Waals surface area contributed by atoms with Gasteiger partial charge in [0.25, 0.3) is 11.5 Å². The normalized spacial score (nSPS) is 23.9. The first-order chi connectivity index (χ1) is 9.15. The van der Waals surface area contributed by atoms with Crippen LogP contribution in [-0.2, 0) is 4.74 Å². The topological polar surface area (TPSA) is 75.3 Å². The molecule has 1 saturated carbocycles. The van der Waals surface area contributed by atoms with E-state index in [0.717, 1.165) is 39.1 Å². The van der Waals surface area contributed by atoms with E-state index in [4.69, 9.17) is 4.74 Å². The Hall–Kier alpha value is -1.69. The van der Waals surface area contributed by atoms with Crippen molar-refractivity contribution < 1.29 is 9.53 Å². The van der Waals surface area contributed by atoms with Crippen LogP contribution in [0.2, 0.25) is 0 Å². The van der Waals surface area contributed by atoms with E-state index in [-0.39, 0.29) is 22.6 Å². The Kier molecular flexibility index (Phi) is 2.15. The lowest BCUT2D eigenvalue weighted by molar-refractivity contribution is -0.176. The lowest BCUT2D eigenvalue weighted by Crippen LogP contribution is -2.67. The molecule has 1 spiro atoms. The van der Waals surface area contributed by atoms with Crippen LogP contribution in [-0.4, -0.2) is 47.1 Å². The number of carbonyl (C=O) groups excluding carboxylic acids is 1. The third-order valence-corrected chi connectivity index (χ3v) is 4.10. The van der Waals surface area contributed by atoms with E-state index >= 15 is 0 Å². The third kappa shape index (κ3) is 1.78. The summed E-state index contributed by atoms with van der Waals surface area (Å²) in [4.78, 5) is 32.6. The van der Waals surface area contributed by atoms with Gasteiger partial charge in [-0.3, -0.25) is 9.59 Å². The number of aromatic amines is 1. The molecule has 1 amide bonds. The van der Waals surface area contributed by atoms with Crippen LogP contribution in [0.5, 0.6) is 0 Å². The lowest BCUT2D eigenvalue weighted by atomic mass is 9.78. The highest BCUT2D eigenvalue weighted by Crippen LogP contribution is 2.39. The fourth-order valence-corrected chi connectivity index (χ4v) is 2.78. The van der Waals surface area contributed by atoms with Gasteiger partial charge in [0.2, 0.25) is 0 Å². The molecule has 6 nitrogen and oxygen atoms in total. The van der Waals surface area contributed by atoms with Crippen molar-refractivity contribution in [3.8, 4) is 0 Å². The Balaban J connectivity index is 1.55. The molecule has 0 bridgehead atoms. The molecule has 1 aromatic rings. The number of rotatable bonds is 2. The predicted octanol–water partition coefficient (Wildman–Crippen LogP) is 0.120. The van der Waals surface area contributed by atoms with E-state index < -0.39 is 0 Å². The predicted molar refractivity (Wildman–Crippen MR) is 66.0 cm³/mol. The van der Waals surface area contributed by atoms with Crippen molar-refractivity contribution in [3.63, 3.8) is 0 Å². The summed E-state index contributed by atoms with van der Waals surface area (Å²) in [5.74, 6) is 0.867. The fraction of sp³-hybridized carbons (Fsp3) is 0.615. The first kappa shape index (κ1) is 11.2. The third-order valence-electron chi connectivity index (χ3n) is 4.10. The summed E-state index contributed by atoms with van der Waals surface area (Å²) in [6, 6.07) is 1.30. The molecule has 6 heteroatoms. The van der Waals surface area contributed by atoms with Gasteiger partial charge in [0, 0.05) is 25.1 Å². The number of hydrogen-bond acceptors (Lipinski definition) is 4. The maximum Gasteiger partial charge on any atom is 0.272 e. The van der Waals surface area contributed by atoms with Crippen LogP contribution in [0.3, 0.4) is 0 Å². The van der Waals surface area contributed by atoms with Gasteiger partial charge in [0.15, 0.2) is 0 Å². The molecule has 3 fully saturated rings. The van der Waals surface area contributed by atoms with Crippen molar-refractivity contribution in [1.29, 1.82) is 0 Å². The van der Waals surface area contributed by atoms with Crippen LogP contribution in [0, 0.1) is 5.41 Å². The van der Waals surface area contributed by atoms with Gasteiger partial charge in [-0.05, 0) is 12.8 Å². The van der Waals surface area contributed by atoms with Crippen LogP contribution >= 0.6 is 0 Å². The summed E-state index contributed by atoms with van der Waals surface area (Å²) in [5, 5.41) is 0. The average molecular weight is 261 g/mol. The Bertz CT molecular complexity index is 593. The fourth-order valence-electron chi connectivity index (χ4n) is 2.78. The number of nitrogens with one attached hydrogen (secondary N) is 1. The van der Waals surface area contributed by atoms with Crippen LogP contribution < -0.4 is 5.56 Å². The van der Waals surface area contributed by atoms with Crippen molar-refractivity contribution in [2.24, 2.45) is 5.41 Å². The smallest absolute Gasteiger partial charge is 0.272 e. The number of likely N-dealkylation sites (tertiary alicyclic amines) is 1. The molecule has 0 atom stereocenters. The number of H-pyrrole nitrogens is 1. The van der Waals surface area contributed by atoms with E-state index in [1.165, 1.54) is 6.07 Å². The Morgan fingerprint density at radius 2 is 2.16 bits per heavy atom. The second-order valence-corrected chi connectivity index (χ2v) is 5.94. The summed E-state index contributed by atoms with van der Waals surface area (Å²) in [6.45, 7) is 2.93. The van der Waals surface area contributed by atoms with E-state index in [1.54, 1.807) is 4.90 Å². The molecule has 4 rings (SSSR count). The zero-order chi connectivity index (χ0) is 13.0. The Morgan fingerprint density at radius 1 is 1.42 bits per heavy atom. The van der Waals surface area contributed by atoms with Gasteiger partial charge < -0.3 is 14.6 Å². The number of amides is 1. The molecule has 19 heavy (non-hydrogen) atoms. The van der Waals surface area contributed by atoms with Crippen molar-refractivity contribution in [2.75, 3.05) is 26.3 Å². The van der Waals surface area contributed by atoms with Gasteiger partial charge in [-0.15, -0.1) is 0 Å². The van der Waals surface area contributed by atoms with Gasteiger partial charge in [-0.2, -0.15) is 0 Å². The maximum atomic E-state index is 12.3. The minimum absolute atomic E-state index is 0.134. The summed E-state index contributed by atoms with van der Waals surface area (Å²) in [7, 11) is 0. The molecular formula is C13H15N3O3. The van der Waals surface area contributed by atoms with Gasteiger partial charge in [-0.25, -0.2) is 4.98 Å². The molecule has 2 saturated heterocycles. The standard InChI is InChI=1S/C13H15N3O3/c17-10-3-9(14-11(15-10)8-1-2-8)12(18)16-4-13(5-16)6-19-7-13/h3,8H,1-2,4-7H2,(H,14,15,17). The Morgan fingerprint density at radius 3 is 2.74 bits per heavy atom. The van der Waals surface area contributed by atoms with Crippen molar-refractivity contribution in [3.05, 3.63) is 27.9 Å². The number of nitrogens with zero attached hydrogens (tertiary/aromatic N) is 2. The highest BCUT2D eigenvalue weighted by Gasteiger charge is 2.51. The van der Waals surface area contributed by atoms with E-state index in [1.807, 2.05) is 0 Å². The summed E-state index contributed by atoms with van der Waals surface area (Å²) >= 11 is 0. The minimum atomic E-state index is -0.234. The number of hydrogen-bond donors (Lipinski definition) is 1. The average Bonchev–Trinajstić information content (AvgIpc) is 3.07. The van der Waals surface area contributed by atoms with Gasteiger partial charge in [0.1, 0.15) is 11.5 Å².